The van der Waals surface area contributed by atoms with Gasteiger partial charge in [0.15, 0.2) is 0 Å². The fourth-order valence-corrected chi connectivity index (χ4v) is 4.96. The number of halogens is 1. The second-order valence-corrected chi connectivity index (χ2v) is 8.25. The van der Waals surface area contributed by atoms with E-state index < -0.39 is 0 Å². The summed E-state index contributed by atoms with van der Waals surface area (Å²) in [7, 11) is 0. The molecule has 3 heterocycles. The van der Waals surface area contributed by atoms with Crippen LogP contribution < -0.4 is 0 Å². The van der Waals surface area contributed by atoms with E-state index in [1.54, 1.807) is 0 Å². The molecule has 2 atom stereocenters. The van der Waals surface area contributed by atoms with Crippen LogP contribution in [0.25, 0.3) is 0 Å². The summed E-state index contributed by atoms with van der Waals surface area (Å²) in [4.78, 5) is 15.1. The molecule has 0 radical (unpaired) electrons. The minimum absolute atomic E-state index is 0.318. The van der Waals surface area contributed by atoms with Gasteiger partial charge in [0.05, 0.1) is 12.2 Å². The molecule has 2 saturated heterocycles. The first kappa shape index (κ1) is 16.8. The molecule has 0 aliphatic carbocycles. The lowest BCUT2D eigenvalue weighted by Crippen LogP contribution is -2.47. The van der Waals surface area contributed by atoms with Crippen molar-refractivity contribution in [3.8, 4) is 0 Å². The van der Waals surface area contributed by atoms with Crippen molar-refractivity contribution >= 4 is 21.8 Å². The summed E-state index contributed by atoms with van der Waals surface area (Å²) >= 11 is 3.58. The van der Waals surface area contributed by atoms with Gasteiger partial charge in [0.2, 0.25) is 5.91 Å². The van der Waals surface area contributed by atoms with Crippen molar-refractivity contribution in [2.24, 2.45) is 0 Å². The number of carbonyl (C=O) groups excluding carboxylic acids is 1. The Morgan fingerprint density at radius 1 is 1.20 bits per heavy atom. The van der Waals surface area contributed by atoms with Crippen molar-refractivity contribution < 1.29 is 4.79 Å². The summed E-state index contributed by atoms with van der Waals surface area (Å²) in [6.45, 7) is 2.08. The quantitative estimate of drug-likeness (QED) is 0.766. The zero-order valence-corrected chi connectivity index (χ0v) is 16.2. The Kier molecular flexibility index (Phi) is 4.67. The number of benzene rings is 1. The molecular formula is C20H24BrN3O. The molecule has 2 unspecified atom stereocenters. The van der Waals surface area contributed by atoms with E-state index in [1.807, 2.05) is 24.4 Å². The number of hydrogen-bond acceptors (Lipinski definition) is 2. The van der Waals surface area contributed by atoms with E-state index in [0.29, 0.717) is 30.5 Å². The smallest absolute Gasteiger partial charge is 0.223 e. The average molecular weight is 402 g/mol. The minimum Gasteiger partial charge on any atom is -0.337 e. The van der Waals surface area contributed by atoms with Gasteiger partial charge in [-0.3, -0.25) is 9.48 Å². The molecule has 1 aromatic heterocycles. The standard InChI is InChI=1S/C20H24BrN3O/c1-14-12-22-23(13-14)18-10-16-7-8-17(11-18)24(16)20(25)9-6-15-4-2-3-5-19(15)21/h2-5,12-13,16-18H,6-11H2,1H3. The van der Waals surface area contributed by atoms with E-state index in [9.17, 15) is 4.79 Å². The Labute approximate surface area is 157 Å². The number of rotatable bonds is 4. The van der Waals surface area contributed by atoms with Crippen LogP contribution in [0.1, 0.15) is 49.3 Å². The highest BCUT2D eigenvalue weighted by Crippen LogP contribution is 2.41. The minimum atomic E-state index is 0.318. The van der Waals surface area contributed by atoms with Crippen LogP contribution in [0.2, 0.25) is 0 Å². The number of amides is 1. The van der Waals surface area contributed by atoms with Crippen molar-refractivity contribution in [1.29, 1.82) is 0 Å². The Balaban J connectivity index is 1.40. The van der Waals surface area contributed by atoms with Gasteiger partial charge < -0.3 is 4.90 Å². The maximum Gasteiger partial charge on any atom is 0.223 e. The normalized spacial score (nSPS) is 25.4. The lowest BCUT2D eigenvalue weighted by Gasteiger charge is -2.39. The highest BCUT2D eigenvalue weighted by atomic mass is 79.9. The molecule has 0 spiro atoms. The number of hydrogen-bond donors (Lipinski definition) is 0. The third kappa shape index (κ3) is 3.39. The van der Waals surface area contributed by atoms with Crippen LogP contribution in [-0.4, -0.2) is 32.7 Å². The molecule has 2 bridgehead atoms. The maximum absolute atomic E-state index is 12.9. The van der Waals surface area contributed by atoms with Crippen LogP contribution in [0.3, 0.4) is 0 Å². The first-order valence-corrected chi connectivity index (χ1v) is 9.96. The number of aryl methyl sites for hydroxylation is 2. The summed E-state index contributed by atoms with van der Waals surface area (Å²) in [5, 5.41) is 4.50. The van der Waals surface area contributed by atoms with Crippen LogP contribution in [0.5, 0.6) is 0 Å². The van der Waals surface area contributed by atoms with Crippen molar-refractivity contribution in [2.75, 3.05) is 0 Å². The summed E-state index contributed by atoms with van der Waals surface area (Å²) < 4.78 is 3.21. The van der Waals surface area contributed by atoms with Gasteiger partial charge >= 0.3 is 0 Å². The van der Waals surface area contributed by atoms with Gasteiger partial charge in [0.1, 0.15) is 0 Å². The number of piperidine rings is 1. The Bertz CT molecular complexity index is 758. The van der Waals surface area contributed by atoms with Crippen LogP contribution in [0.15, 0.2) is 41.1 Å². The van der Waals surface area contributed by atoms with Crippen LogP contribution in [-0.2, 0) is 11.2 Å². The van der Waals surface area contributed by atoms with Gasteiger partial charge in [0, 0.05) is 29.2 Å². The first-order chi connectivity index (χ1) is 12.1. The molecule has 1 amide bonds. The SMILES string of the molecule is Cc1cnn(C2CC3CCC(C2)N3C(=O)CCc2ccccc2Br)c1. The van der Waals surface area contributed by atoms with Crippen molar-refractivity contribution in [2.45, 2.75) is 63.6 Å². The lowest BCUT2D eigenvalue weighted by atomic mass is 9.96. The Morgan fingerprint density at radius 3 is 2.56 bits per heavy atom. The molecule has 132 valence electrons. The molecule has 0 N–H and O–H groups in total. The number of aromatic nitrogens is 2. The zero-order valence-electron chi connectivity index (χ0n) is 14.6. The molecular weight excluding hydrogens is 378 g/mol. The van der Waals surface area contributed by atoms with Gasteiger partial charge in [-0.25, -0.2) is 0 Å². The van der Waals surface area contributed by atoms with E-state index in [2.05, 4.69) is 49.8 Å². The molecule has 1 aromatic carbocycles. The Hall–Kier alpha value is -1.62. The highest BCUT2D eigenvalue weighted by Gasteiger charge is 2.43. The molecule has 4 nitrogen and oxygen atoms in total. The first-order valence-electron chi connectivity index (χ1n) is 9.17. The largest absolute Gasteiger partial charge is 0.337 e. The molecule has 0 saturated carbocycles. The van der Waals surface area contributed by atoms with Gasteiger partial charge in [-0.05, 0) is 56.2 Å². The van der Waals surface area contributed by atoms with E-state index >= 15 is 0 Å². The Morgan fingerprint density at radius 2 is 1.92 bits per heavy atom. The van der Waals surface area contributed by atoms with Gasteiger partial charge in [-0.15, -0.1) is 0 Å². The third-order valence-corrected chi connectivity index (χ3v) is 6.44. The van der Waals surface area contributed by atoms with Crippen LogP contribution in [0.4, 0.5) is 0 Å². The molecule has 4 rings (SSSR count). The predicted molar refractivity (Wildman–Crippen MR) is 101 cm³/mol. The second kappa shape index (κ2) is 6.94. The van der Waals surface area contributed by atoms with Crippen molar-refractivity contribution in [1.82, 2.24) is 14.7 Å². The van der Waals surface area contributed by atoms with Gasteiger partial charge in [-0.2, -0.15) is 5.10 Å². The monoisotopic (exact) mass is 401 g/mol. The molecule has 2 aliphatic heterocycles. The second-order valence-electron chi connectivity index (χ2n) is 7.40. The summed E-state index contributed by atoms with van der Waals surface area (Å²) in [5.74, 6) is 0.318. The van der Waals surface area contributed by atoms with E-state index in [1.165, 1.54) is 11.1 Å². The third-order valence-electron chi connectivity index (χ3n) is 5.67. The number of nitrogens with zero attached hydrogens (tertiary/aromatic N) is 3. The van der Waals surface area contributed by atoms with Gasteiger partial charge in [-0.1, -0.05) is 34.1 Å². The zero-order chi connectivity index (χ0) is 17.4. The molecule has 2 aromatic rings. The highest BCUT2D eigenvalue weighted by molar-refractivity contribution is 9.10. The molecule has 5 heteroatoms. The molecule has 25 heavy (non-hydrogen) atoms. The molecule has 2 aliphatic rings. The van der Waals surface area contributed by atoms with Crippen LogP contribution >= 0.6 is 15.9 Å². The van der Waals surface area contributed by atoms with E-state index in [-0.39, 0.29) is 0 Å². The molecule has 2 fully saturated rings. The van der Waals surface area contributed by atoms with Crippen molar-refractivity contribution in [3.05, 3.63) is 52.3 Å². The summed E-state index contributed by atoms with van der Waals surface area (Å²) in [6.07, 6.45) is 9.83. The van der Waals surface area contributed by atoms with E-state index in [4.69, 9.17) is 0 Å². The predicted octanol–water partition coefficient (Wildman–Crippen LogP) is 4.28. The van der Waals surface area contributed by atoms with E-state index in [0.717, 1.165) is 36.6 Å². The number of fused-ring (bicyclic) bond motifs is 2. The fourth-order valence-electron chi connectivity index (χ4n) is 4.48. The average Bonchev–Trinajstić information content (AvgIpc) is 3.15. The summed E-state index contributed by atoms with van der Waals surface area (Å²) in [5.41, 5.74) is 2.42. The van der Waals surface area contributed by atoms with Crippen molar-refractivity contribution in [3.63, 3.8) is 0 Å². The number of carbonyl (C=O) groups is 1. The lowest BCUT2D eigenvalue weighted by molar-refractivity contribution is -0.136. The summed E-state index contributed by atoms with van der Waals surface area (Å²) in [6, 6.07) is 9.40. The fraction of sp³-hybridized carbons (Fsp3) is 0.500. The van der Waals surface area contributed by atoms with Crippen LogP contribution in [0, 0.1) is 6.92 Å². The van der Waals surface area contributed by atoms with Gasteiger partial charge in [0.25, 0.3) is 0 Å². The topological polar surface area (TPSA) is 38.1 Å². The maximum atomic E-state index is 12.9.